The van der Waals surface area contributed by atoms with Crippen molar-refractivity contribution < 1.29 is 4.74 Å². The third kappa shape index (κ3) is 4.28. The molecule has 0 amide bonds. The van der Waals surface area contributed by atoms with Crippen molar-refractivity contribution in [1.29, 1.82) is 0 Å². The monoisotopic (exact) mass is 310 g/mol. The van der Waals surface area contributed by atoms with E-state index in [9.17, 15) is 0 Å². The van der Waals surface area contributed by atoms with E-state index < -0.39 is 0 Å². The minimum absolute atomic E-state index is 0. The van der Waals surface area contributed by atoms with E-state index in [4.69, 9.17) is 16.3 Å². The van der Waals surface area contributed by atoms with E-state index in [1.807, 2.05) is 24.3 Å². The number of imidazole rings is 1. The van der Waals surface area contributed by atoms with Gasteiger partial charge in [0.05, 0.1) is 6.20 Å². The Hall–Kier alpha value is -1.40. The van der Waals surface area contributed by atoms with E-state index in [0.717, 1.165) is 17.0 Å². The van der Waals surface area contributed by atoms with Crippen LogP contribution < -0.4 is 4.74 Å². The standard InChI is InChI=1S/C14H11ClN4O.Na.H/c15-13-7-12(8-18-19-13)20-9-10-1-3-11(4-2-10)14-16-5-6-17-14;;/h1-8H,9H2,(H,16,17);;. The number of aromatic nitrogens is 4. The van der Waals surface area contributed by atoms with Crippen molar-refractivity contribution in [2.45, 2.75) is 6.61 Å². The molecular formula is C14H12ClN4NaO. The first-order valence-electron chi connectivity index (χ1n) is 6.01. The van der Waals surface area contributed by atoms with Crippen molar-refractivity contribution >= 4 is 41.2 Å². The van der Waals surface area contributed by atoms with Gasteiger partial charge in [-0.15, -0.1) is 5.10 Å². The summed E-state index contributed by atoms with van der Waals surface area (Å²) in [6.45, 7) is 0.445. The summed E-state index contributed by atoms with van der Waals surface area (Å²) in [7, 11) is 0. The molecule has 0 atom stereocenters. The van der Waals surface area contributed by atoms with Gasteiger partial charge < -0.3 is 9.72 Å². The van der Waals surface area contributed by atoms with Crippen LogP contribution in [0.1, 0.15) is 5.56 Å². The molecule has 21 heavy (non-hydrogen) atoms. The predicted molar refractivity (Wildman–Crippen MR) is 82.5 cm³/mol. The summed E-state index contributed by atoms with van der Waals surface area (Å²) in [5, 5.41) is 7.70. The van der Waals surface area contributed by atoms with Crippen LogP contribution in [0.3, 0.4) is 0 Å². The minimum atomic E-state index is 0. The third-order valence-corrected chi connectivity index (χ3v) is 2.92. The number of H-pyrrole nitrogens is 1. The average Bonchev–Trinajstić information content (AvgIpc) is 3.00. The Morgan fingerprint density at radius 3 is 2.67 bits per heavy atom. The van der Waals surface area contributed by atoms with Crippen molar-refractivity contribution in [3.05, 3.63) is 59.6 Å². The van der Waals surface area contributed by atoms with Gasteiger partial charge in [0.25, 0.3) is 0 Å². The second-order valence-corrected chi connectivity index (χ2v) is 4.52. The molecule has 0 radical (unpaired) electrons. The van der Waals surface area contributed by atoms with E-state index in [2.05, 4.69) is 20.2 Å². The number of ether oxygens (including phenoxy) is 1. The zero-order valence-corrected chi connectivity index (χ0v) is 11.2. The first-order valence-corrected chi connectivity index (χ1v) is 6.39. The molecule has 7 heteroatoms. The van der Waals surface area contributed by atoms with E-state index >= 15 is 0 Å². The van der Waals surface area contributed by atoms with Gasteiger partial charge in [0.15, 0.2) is 5.15 Å². The first kappa shape index (κ1) is 16.0. The molecule has 0 bridgehead atoms. The van der Waals surface area contributed by atoms with Gasteiger partial charge in [0, 0.05) is 24.0 Å². The van der Waals surface area contributed by atoms with Gasteiger partial charge in [-0.3, -0.25) is 0 Å². The average molecular weight is 311 g/mol. The Balaban J connectivity index is 0.00000161. The Morgan fingerprint density at radius 1 is 1.19 bits per heavy atom. The van der Waals surface area contributed by atoms with E-state index in [0.29, 0.717) is 17.5 Å². The molecule has 0 aliphatic carbocycles. The van der Waals surface area contributed by atoms with Crippen LogP contribution in [0.15, 0.2) is 48.9 Å². The number of halogens is 1. The molecular weight excluding hydrogens is 299 g/mol. The molecule has 1 N–H and O–H groups in total. The van der Waals surface area contributed by atoms with Crippen LogP contribution in [0.2, 0.25) is 5.15 Å². The van der Waals surface area contributed by atoms with E-state index in [1.165, 1.54) is 6.20 Å². The van der Waals surface area contributed by atoms with Gasteiger partial charge in [0.2, 0.25) is 0 Å². The predicted octanol–water partition coefficient (Wildman–Crippen LogP) is 2.45. The van der Waals surface area contributed by atoms with E-state index in [1.54, 1.807) is 18.5 Å². The molecule has 1 aromatic carbocycles. The quantitative estimate of drug-likeness (QED) is 0.752. The number of nitrogens with one attached hydrogen (secondary N) is 1. The van der Waals surface area contributed by atoms with Crippen LogP contribution in [0.5, 0.6) is 5.75 Å². The number of hydrogen-bond donors (Lipinski definition) is 1. The summed E-state index contributed by atoms with van der Waals surface area (Å²) in [6, 6.07) is 9.61. The second-order valence-electron chi connectivity index (χ2n) is 4.14. The third-order valence-electron chi connectivity index (χ3n) is 2.73. The number of benzene rings is 1. The SMILES string of the molecule is Clc1cc(OCc2ccc(-c3ncc[nH]3)cc2)cnn1.[NaH]. The van der Waals surface area contributed by atoms with Gasteiger partial charge in [-0.2, -0.15) is 5.10 Å². The van der Waals surface area contributed by atoms with Gasteiger partial charge in [0.1, 0.15) is 18.2 Å². The van der Waals surface area contributed by atoms with Crippen LogP contribution in [-0.4, -0.2) is 49.7 Å². The Kier molecular flexibility index (Phi) is 5.76. The number of aromatic amines is 1. The summed E-state index contributed by atoms with van der Waals surface area (Å²) in [6.07, 6.45) is 5.06. The molecule has 0 unspecified atom stereocenters. The summed E-state index contributed by atoms with van der Waals surface area (Å²) >= 11 is 5.74. The van der Waals surface area contributed by atoms with Gasteiger partial charge in [-0.1, -0.05) is 35.9 Å². The Bertz CT molecular complexity index is 688. The number of rotatable bonds is 4. The number of hydrogen-bond acceptors (Lipinski definition) is 4. The second kappa shape index (κ2) is 7.56. The van der Waals surface area contributed by atoms with Crippen molar-refractivity contribution in [3.63, 3.8) is 0 Å². The van der Waals surface area contributed by atoms with Crippen LogP contribution in [0.25, 0.3) is 11.4 Å². The maximum absolute atomic E-state index is 5.74. The first-order chi connectivity index (χ1) is 9.81. The summed E-state index contributed by atoms with van der Waals surface area (Å²) < 4.78 is 5.59. The van der Waals surface area contributed by atoms with Gasteiger partial charge >= 0.3 is 29.6 Å². The molecule has 0 saturated heterocycles. The fourth-order valence-electron chi connectivity index (χ4n) is 1.75. The van der Waals surface area contributed by atoms with Crippen LogP contribution in [0, 0.1) is 0 Å². The molecule has 3 rings (SSSR count). The fourth-order valence-corrected chi connectivity index (χ4v) is 1.90. The summed E-state index contributed by atoms with van der Waals surface area (Å²) in [5.74, 6) is 1.45. The molecule has 0 fully saturated rings. The Morgan fingerprint density at radius 2 is 2.00 bits per heavy atom. The zero-order valence-electron chi connectivity index (χ0n) is 10.5. The Labute approximate surface area is 149 Å². The molecule has 102 valence electrons. The molecule has 5 nitrogen and oxygen atoms in total. The summed E-state index contributed by atoms with van der Waals surface area (Å²) in [5.41, 5.74) is 2.08. The maximum atomic E-state index is 5.74. The van der Waals surface area contributed by atoms with Gasteiger partial charge in [-0.05, 0) is 5.56 Å². The molecule has 0 spiro atoms. The molecule has 3 aromatic rings. The fraction of sp³-hybridized carbons (Fsp3) is 0.0714. The number of nitrogens with zero attached hydrogens (tertiary/aromatic N) is 3. The molecule has 2 heterocycles. The van der Waals surface area contributed by atoms with Crippen LogP contribution in [-0.2, 0) is 6.61 Å². The van der Waals surface area contributed by atoms with Gasteiger partial charge in [-0.25, -0.2) is 4.98 Å². The van der Waals surface area contributed by atoms with Crippen molar-refractivity contribution in [1.82, 2.24) is 20.2 Å². The van der Waals surface area contributed by atoms with Crippen LogP contribution >= 0.6 is 11.6 Å². The molecule has 0 aliphatic heterocycles. The van der Waals surface area contributed by atoms with Crippen molar-refractivity contribution in [2.24, 2.45) is 0 Å². The van der Waals surface area contributed by atoms with Crippen molar-refractivity contribution in [2.75, 3.05) is 0 Å². The summed E-state index contributed by atoms with van der Waals surface area (Å²) in [4.78, 5) is 7.27. The molecule has 0 saturated carbocycles. The topological polar surface area (TPSA) is 63.7 Å². The van der Waals surface area contributed by atoms with Crippen LogP contribution in [0.4, 0.5) is 0 Å². The van der Waals surface area contributed by atoms with Crippen molar-refractivity contribution in [3.8, 4) is 17.1 Å². The van der Waals surface area contributed by atoms with E-state index in [-0.39, 0.29) is 29.6 Å². The molecule has 0 aliphatic rings. The zero-order chi connectivity index (χ0) is 13.8. The normalized spacial score (nSPS) is 9.95. The molecule has 2 aromatic heterocycles.